The summed E-state index contributed by atoms with van der Waals surface area (Å²) in [5, 5.41) is 6.52. The third-order valence-corrected chi connectivity index (χ3v) is 3.97. The minimum absolute atomic E-state index is 0.174. The zero-order valence-electron chi connectivity index (χ0n) is 15.5. The highest BCUT2D eigenvalue weighted by atomic mass is 19.4. The molecular weight excluding hydrogens is 406 g/mol. The summed E-state index contributed by atoms with van der Waals surface area (Å²) in [6.07, 6.45) is -1.42. The quantitative estimate of drug-likeness (QED) is 0.360. The number of ketones is 1. The fourth-order valence-electron chi connectivity index (χ4n) is 2.56. The highest BCUT2D eigenvalue weighted by Gasteiger charge is 2.34. The second kappa shape index (κ2) is 8.36. The topological polar surface area (TPSA) is 77.1 Å². The molecule has 3 rings (SSSR count). The van der Waals surface area contributed by atoms with E-state index < -0.39 is 23.5 Å². The van der Waals surface area contributed by atoms with Crippen LogP contribution in [-0.2, 0) is 17.5 Å². The summed E-state index contributed by atoms with van der Waals surface area (Å²) in [7, 11) is 0. The van der Waals surface area contributed by atoms with Crippen LogP contribution < -0.4 is 5.32 Å². The van der Waals surface area contributed by atoms with Crippen LogP contribution in [0.4, 0.5) is 23.4 Å². The van der Waals surface area contributed by atoms with Crippen LogP contribution in [-0.4, -0.2) is 21.5 Å². The van der Waals surface area contributed by atoms with E-state index >= 15 is 0 Å². The molecule has 6 nitrogen and oxygen atoms in total. The van der Waals surface area contributed by atoms with Crippen LogP contribution in [0.1, 0.15) is 34.4 Å². The molecule has 0 aliphatic heterocycles. The molecule has 1 aromatic carbocycles. The van der Waals surface area contributed by atoms with Crippen molar-refractivity contribution in [3.05, 3.63) is 77.1 Å². The predicted octanol–water partition coefficient (Wildman–Crippen LogP) is 4.54. The summed E-state index contributed by atoms with van der Waals surface area (Å²) in [5.74, 6) is -1.49. The molecular formula is C20H15F4N3O3. The Balaban J connectivity index is 1.64. The average molecular weight is 421 g/mol. The average Bonchev–Trinajstić information content (AvgIpc) is 3.30. The number of anilines is 1. The largest absolute Gasteiger partial charge is 0.456 e. The van der Waals surface area contributed by atoms with Gasteiger partial charge in [-0.2, -0.15) is 18.3 Å². The van der Waals surface area contributed by atoms with E-state index in [0.717, 1.165) is 24.3 Å². The number of furan rings is 1. The Morgan fingerprint density at radius 2 is 1.97 bits per heavy atom. The van der Waals surface area contributed by atoms with Gasteiger partial charge >= 0.3 is 6.18 Å². The number of nitrogens with zero attached hydrogens (tertiary/aromatic N) is 2. The SMILES string of the molecule is CC(=O)c1ccc(Cn2ccc(NC(=O)/C=C\c3cccc(C(F)(F)F)c3F)n2)o1. The molecule has 1 N–H and O–H groups in total. The Bertz CT molecular complexity index is 1110. The summed E-state index contributed by atoms with van der Waals surface area (Å²) in [4.78, 5) is 23.2. The van der Waals surface area contributed by atoms with Gasteiger partial charge in [-0.05, 0) is 24.3 Å². The third kappa shape index (κ3) is 5.02. The zero-order valence-corrected chi connectivity index (χ0v) is 15.5. The summed E-state index contributed by atoms with van der Waals surface area (Å²) >= 11 is 0. The lowest BCUT2D eigenvalue weighted by Gasteiger charge is -2.09. The molecule has 0 unspecified atom stereocenters. The van der Waals surface area contributed by atoms with Gasteiger partial charge < -0.3 is 9.73 Å². The van der Waals surface area contributed by atoms with Crippen LogP contribution in [0.2, 0.25) is 0 Å². The van der Waals surface area contributed by atoms with Crippen LogP contribution in [0.25, 0.3) is 6.08 Å². The number of alkyl halides is 3. The molecule has 0 aliphatic rings. The van der Waals surface area contributed by atoms with E-state index in [1.54, 1.807) is 18.3 Å². The van der Waals surface area contributed by atoms with Crippen molar-refractivity contribution < 1.29 is 31.6 Å². The number of carbonyl (C=O) groups is 2. The van der Waals surface area contributed by atoms with Gasteiger partial charge in [0.1, 0.15) is 11.6 Å². The number of carbonyl (C=O) groups excluding carboxylic acids is 2. The Morgan fingerprint density at radius 1 is 1.20 bits per heavy atom. The van der Waals surface area contributed by atoms with E-state index in [2.05, 4.69) is 10.4 Å². The van der Waals surface area contributed by atoms with E-state index in [1.165, 1.54) is 17.7 Å². The molecule has 0 bridgehead atoms. The minimum atomic E-state index is -4.83. The molecule has 156 valence electrons. The van der Waals surface area contributed by atoms with Gasteiger partial charge in [0, 0.05) is 30.8 Å². The molecule has 0 saturated heterocycles. The molecule has 2 aromatic heterocycles. The van der Waals surface area contributed by atoms with Crippen molar-refractivity contribution in [1.29, 1.82) is 0 Å². The first-order chi connectivity index (χ1) is 14.1. The van der Waals surface area contributed by atoms with Crippen LogP contribution in [0, 0.1) is 5.82 Å². The lowest BCUT2D eigenvalue weighted by atomic mass is 10.1. The summed E-state index contributed by atoms with van der Waals surface area (Å²) in [6, 6.07) is 7.47. The normalized spacial score (nSPS) is 11.8. The van der Waals surface area contributed by atoms with Gasteiger partial charge in [0.05, 0.1) is 12.1 Å². The first kappa shape index (κ1) is 21.0. The summed E-state index contributed by atoms with van der Waals surface area (Å²) in [5.41, 5.74) is -1.78. The van der Waals surface area contributed by atoms with E-state index in [-0.39, 0.29) is 29.5 Å². The molecule has 10 heteroatoms. The van der Waals surface area contributed by atoms with Crippen LogP contribution >= 0.6 is 0 Å². The summed E-state index contributed by atoms with van der Waals surface area (Å²) < 4.78 is 59.0. The first-order valence-electron chi connectivity index (χ1n) is 8.61. The number of halogens is 4. The smallest absolute Gasteiger partial charge is 0.419 e. The number of hydrogen-bond donors (Lipinski definition) is 1. The van der Waals surface area contributed by atoms with Gasteiger partial charge in [0.25, 0.3) is 0 Å². The molecule has 1 amide bonds. The number of nitrogens with one attached hydrogen (secondary N) is 1. The second-order valence-electron chi connectivity index (χ2n) is 6.25. The Hall–Kier alpha value is -3.69. The maximum Gasteiger partial charge on any atom is 0.419 e. The minimum Gasteiger partial charge on any atom is -0.456 e. The molecule has 0 atom stereocenters. The van der Waals surface area contributed by atoms with Crippen molar-refractivity contribution in [3.8, 4) is 0 Å². The lowest BCUT2D eigenvalue weighted by Crippen LogP contribution is -2.10. The van der Waals surface area contributed by atoms with Gasteiger partial charge in [-0.15, -0.1) is 0 Å². The van der Waals surface area contributed by atoms with Gasteiger partial charge in [-0.25, -0.2) is 4.39 Å². The van der Waals surface area contributed by atoms with Crippen molar-refractivity contribution in [2.45, 2.75) is 19.6 Å². The van der Waals surface area contributed by atoms with Crippen LogP contribution in [0.15, 0.2) is 53.1 Å². The van der Waals surface area contributed by atoms with E-state index in [0.29, 0.717) is 11.8 Å². The molecule has 3 aromatic rings. The summed E-state index contributed by atoms with van der Waals surface area (Å²) in [6.45, 7) is 1.59. The van der Waals surface area contributed by atoms with Crippen molar-refractivity contribution in [2.24, 2.45) is 0 Å². The fourth-order valence-corrected chi connectivity index (χ4v) is 2.56. The highest BCUT2D eigenvalue weighted by Crippen LogP contribution is 2.32. The Morgan fingerprint density at radius 3 is 2.63 bits per heavy atom. The first-order valence-corrected chi connectivity index (χ1v) is 8.61. The number of aromatic nitrogens is 2. The molecule has 0 spiro atoms. The van der Waals surface area contributed by atoms with Gasteiger partial charge in [0.15, 0.2) is 17.4 Å². The van der Waals surface area contributed by atoms with E-state index in [9.17, 15) is 27.2 Å². The van der Waals surface area contributed by atoms with Crippen molar-refractivity contribution in [2.75, 3.05) is 5.32 Å². The number of rotatable bonds is 6. The van der Waals surface area contributed by atoms with E-state index in [4.69, 9.17) is 4.42 Å². The number of hydrogen-bond acceptors (Lipinski definition) is 4. The number of amides is 1. The zero-order chi connectivity index (χ0) is 21.9. The number of Topliss-reactive ketones (excluding diaryl/α,β-unsaturated/α-hetero) is 1. The van der Waals surface area contributed by atoms with Crippen LogP contribution in [0.5, 0.6) is 0 Å². The van der Waals surface area contributed by atoms with Gasteiger partial charge in [0.2, 0.25) is 5.91 Å². The maximum absolute atomic E-state index is 14.0. The van der Waals surface area contributed by atoms with Crippen molar-refractivity contribution in [1.82, 2.24) is 9.78 Å². The van der Waals surface area contributed by atoms with Gasteiger partial charge in [-0.1, -0.05) is 12.1 Å². The van der Waals surface area contributed by atoms with Crippen LogP contribution in [0.3, 0.4) is 0 Å². The van der Waals surface area contributed by atoms with Crippen molar-refractivity contribution in [3.63, 3.8) is 0 Å². The molecule has 0 saturated carbocycles. The molecule has 30 heavy (non-hydrogen) atoms. The third-order valence-electron chi connectivity index (χ3n) is 3.97. The lowest BCUT2D eigenvalue weighted by molar-refractivity contribution is -0.140. The van der Waals surface area contributed by atoms with Gasteiger partial charge in [-0.3, -0.25) is 14.3 Å². The molecule has 0 aliphatic carbocycles. The fraction of sp³-hybridized carbons (Fsp3) is 0.150. The molecule has 2 heterocycles. The standard InChI is InChI=1S/C20H15F4N3O3/c1-12(28)16-7-6-14(30-16)11-27-10-9-17(26-27)25-18(29)8-5-13-3-2-4-15(19(13)21)20(22,23)24/h2-10H,11H2,1H3,(H,25,26,29)/b8-5-. The monoisotopic (exact) mass is 421 g/mol. The molecule has 0 radical (unpaired) electrons. The molecule has 0 fully saturated rings. The Kier molecular flexibility index (Phi) is 5.86. The Labute approximate surface area is 167 Å². The second-order valence-corrected chi connectivity index (χ2v) is 6.25. The van der Waals surface area contributed by atoms with Crippen molar-refractivity contribution >= 4 is 23.6 Å². The number of benzene rings is 1. The van der Waals surface area contributed by atoms with E-state index in [1.807, 2.05) is 0 Å². The predicted molar refractivity (Wildman–Crippen MR) is 99.1 cm³/mol. The highest BCUT2D eigenvalue weighted by molar-refractivity contribution is 6.01. The maximum atomic E-state index is 14.0.